The van der Waals surface area contributed by atoms with Gasteiger partial charge in [-0.3, -0.25) is 10.1 Å². The van der Waals surface area contributed by atoms with Gasteiger partial charge in [-0.15, -0.1) is 0 Å². The van der Waals surface area contributed by atoms with Crippen molar-refractivity contribution in [3.05, 3.63) is 58.9 Å². The number of rotatable bonds is 4. The van der Waals surface area contributed by atoms with E-state index >= 15 is 0 Å². The Morgan fingerprint density at radius 2 is 1.86 bits per heavy atom. The van der Waals surface area contributed by atoms with Gasteiger partial charge >= 0.3 is 0 Å². The molecule has 4 N–H and O–H groups in total. The molecule has 0 amide bonds. The Balaban J connectivity index is 1.95. The van der Waals surface area contributed by atoms with Gasteiger partial charge in [-0.05, 0) is 24.3 Å². The molecule has 10 nitrogen and oxygen atoms in total. The van der Waals surface area contributed by atoms with Crippen LogP contribution in [0.3, 0.4) is 0 Å². The molecule has 0 aliphatic rings. The first kappa shape index (κ1) is 17.2. The van der Waals surface area contributed by atoms with Crippen molar-refractivity contribution in [3.63, 3.8) is 0 Å². The van der Waals surface area contributed by atoms with E-state index in [1.807, 2.05) is 0 Å². The van der Waals surface area contributed by atoms with Gasteiger partial charge in [0.1, 0.15) is 23.6 Å². The first-order chi connectivity index (χ1) is 13.5. The number of aromatic nitrogens is 4. The third-order valence-electron chi connectivity index (χ3n) is 4.31. The Morgan fingerprint density at radius 1 is 1.11 bits per heavy atom. The number of nitrogens with zero attached hydrogens (tertiary/aromatic N) is 5. The Hall–Kier alpha value is -4.21. The van der Waals surface area contributed by atoms with E-state index in [9.17, 15) is 10.1 Å². The Kier molecular flexibility index (Phi) is 4.00. The van der Waals surface area contributed by atoms with Gasteiger partial charge in [0.05, 0.1) is 28.8 Å². The maximum absolute atomic E-state index is 10.9. The summed E-state index contributed by atoms with van der Waals surface area (Å²) in [6, 6.07) is 11.3. The van der Waals surface area contributed by atoms with Gasteiger partial charge < -0.3 is 16.2 Å². The first-order valence-electron chi connectivity index (χ1n) is 8.17. The molecule has 0 saturated heterocycles. The Morgan fingerprint density at radius 3 is 2.54 bits per heavy atom. The summed E-state index contributed by atoms with van der Waals surface area (Å²) < 4.78 is 6.86. The van der Waals surface area contributed by atoms with Gasteiger partial charge in [-0.1, -0.05) is 6.07 Å². The molecule has 0 fully saturated rings. The number of methoxy groups -OCH3 is 1. The van der Waals surface area contributed by atoms with Crippen LogP contribution < -0.4 is 16.2 Å². The molecular weight excluding hydrogens is 362 g/mol. The largest absolute Gasteiger partial charge is 0.495 e. The molecule has 28 heavy (non-hydrogen) atoms. The number of non-ortho nitro benzene ring substituents is 1. The highest BCUT2D eigenvalue weighted by Crippen LogP contribution is 2.35. The number of benzene rings is 2. The molecule has 0 aliphatic carbocycles. The van der Waals surface area contributed by atoms with Gasteiger partial charge in [0, 0.05) is 17.7 Å². The molecule has 10 heteroatoms. The number of hydrogen-bond donors (Lipinski definition) is 2. The number of nitrogen functional groups attached to an aromatic ring is 2. The second-order valence-corrected chi connectivity index (χ2v) is 5.95. The second-order valence-electron chi connectivity index (χ2n) is 5.95. The number of nitro groups is 1. The summed E-state index contributed by atoms with van der Waals surface area (Å²) in [4.78, 5) is 18.8. The number of anilines is 2. The molecule has 2 aromatic heterocycles. The Labute approximate surface area is 158 Å². The lowest BCUT2D eigenvalue weighted by Gasteiger charge is -2.06. The van der Waals surface area contributed by atoms with Crippen molar-refractivity contribution in [1.29, 1.82) is 0 Å². The lowest BCUT2D eigenvalue weighted by Crippen LogP contribution is -1.99. The van der Waals surface area contributed by atoms with Gasteiger partial charge in [0.25, 0.3) is 5.69 Å². The van der Waals surface area contributed by atoms with E-state index in [2.05, 4.69) is 15.1 Å². The van der Waals surface area contributed by atoms with Crippen LogP contribution in [0.4, 0.5) is 17.2 Å². The van der Waals surface area contributed by atoms with Crippen LogP contribution in [-0.4, -0.2) is 31.8 Å². The summed E-state index contributed by atoms with van der Waals surface area (Å²) in [7, 11) is 1.53. The summed E-state index contributed by atoms with van der Waals surface area (Å²) in [5, 5.41) is 16.1. The van der Waals surface area contributed by atoms with E-state index in [4.69, 9.17) is 16.2 Å². The standard InChI is InChI=1S/C18H15N7O3/c1-28-14-8-10(2-7-13(14)19)16-15-17(20)21-9-22-18(15)24(23-16)11-3-5-12(6-4-11)25(26)27/h2-9H,19H2,1H3,(H2,20,21,22). The number of fused-ring (bicyclic) bond motifs is 1. The van der Waals surface area contributed by atoms with Crippen molar-refractivity contribution in [3.8, 4) is 22.7 Å². The van der Waals surface area contributed by atoms with Crippen LogP contribution in [0.5, 0.6) is 5.75 Å². The van der Waals surface area contributed by atoms with Crippen molar-refractivity contribution in [2.75, 3.05) is 18.6 Å². The minimum atomic E-state index is -0.461. The molecule has 0 bridgehead atoms. The van der Waals surface area contributed by atoms with Gasteiger partial charge in [-0.2, -0.15) is 5.10 Å². The minimum absolute atomic E-state index is 0.0159. The molecule has 0 atom stereocenters. The summed E-state index contributed by atoms with van der Waals surface area (Å²) in [6.07, 6.45) is 1.34. The van der Waals surface area contributed by atoms with Crippen molar-refractivity contribution in [2.24, 2.45) is 0 Å². The molecule has 2 heterocycles. The van der Waals surface area contributed by atoms with Crippen LogP contribution in [0, 0.1) is 10.1 Å². The predicted octanol–water partition coefficient (Wildman–Crippen LogP) is 2.56. The lowest BCUT2D eigenvalue weighted by molar-refractivity contribution is -0.384. The molecular formula is C18H15N7O3. The quantitative estimate of drug-likeness (QED) is 0.313. The van der Waals surface area contributed by atoms with Crippen LogP contribution in [0.2, 0.25) is 0 Å². The SMILES string of the molecule is COc1cc(-c2nn(-c3ccc([N+](=O)[O-])cc3)c3ncnc(N)c23)ccc1N. The van der Waals surface area contributed by atoms with E-state index in [1.54, 1.807) is 35.0 Å². The van der Waals surface area contributed by atoms with Crippen molar-refractivity contribution in [1.82, 2.24) is 19.7 Å². The zero-order valence-corrected chi connectivity index (χ0v) is 14.7. The summed E-state index contributed by atoms with van der Waals surface area (Å²) in [5.41, 5.74) is 14.8. The number of nitrogens with two attached hydrogens (primary N) is 2. The summed E-state index contributed by atoms with van der Waals surface area (Å²) in [5.74, 6) is 0.773. The third kappa shape index (κ3) is 2.72. The first-order valence-corrected chi connectivity index (χ1v) is 8.17. The fourth-order valence-corrected chi connectivity index (χ4v) is 2.93. The molecule has 2 aromatic carbocycles. The summed E-state index contributed by atoms with van der Waals surface area (Å²) in [6.45, 7) is 0. The van der Waals surface area contributed by atoms with Crippen LogP contribution >= 0.6 is 0 Å². The van der Waals surface area contributed by atoms with Crippen LogP contribution in [0.15, 0.2) is 48.8 Å². The minimum Gasteiger partial charge on any atom is -0.495 e. The molecule has 0 saturated carbocycles. The molecule has 4 aromatic rings. The van der Waals surface area contributed by atoms with Crippen LogP contribution in [-0.2, 0) is 0 Å². The van der Waals surface area contributed by atoms with E-state index in [-0.39, 0.29) is 11.5 Å². The van der Waals surface area contributed by atoms with E-state index in [0.717, 1.165) is 5.56 Å². The van der Waals surface area contributed by atoms with Crippen LogP contribution in [0.25, 0.3) is 28.0 Å². The van der Waals surface area contributed by atoms with Gasteiger partial charge in [0.2, 0.25) is 0 Å². The number of ether oxygens (including phenoxy) is 1. The van der Waals surface area contributed by atoms with Crippen molar-refractivity contribution in [2.45, 2.75) is 0 Å². The van der Waals surface area contributed by atoms with Gasteiger partial charge in [-0.25, -0.2) is 14.6 Å². The third-order valence-corrected chi connectivity index (χ3v) is 4.31. The zero-order valence-electron chi connectivity index (χ0n) is 14.7. The zero-order chi connectivity index (χ0) is 19.8. The maximum atomic E-state index is 10.9. The molecule has 0 spiro atoms. The average Bonchev–Trinajstić information content (AvgIpc) is 3.09. The highest BCUT2D eigenvalue weighted by atomic mass is 16.6. The Bertz CT molecular complexity index is 1200. The molecule has 0 aliphatic heterocycles. The van der Waals surface area contributed by atoms with E-state index < -0.39 is 4.92 Å². The maximum Gasteiger partial charge on any atom is 0.269 e. The predicted molar refractivity (Wildman–Crippen MR) is 104 cm³/mol. The van der Waals surface area contributed by atoms with E-state index in [0.29, 0.717) is 33.9 Å². The van der Waals surface area contributed by atoms with E-state index in [1.165, 1.54) is 25.6 Å². The van der Waals surface area contributed by atoms with Crippen molar-refractivity contribution >= 4 is 28.2 Å². The van der Waals surface area contributed by atoms with Crippen LogP contribution in [0.1, 0.15) is 0 Å². The normalized spacial score (nSPS) is 10.9. The molecule has 0 radical (unpaired) electrons. The lowest BCUT2D eigenvalue weighted by atomic mass is 10.1. The van der Waals surface area contributed by atoms with Gasteiger partial charge in [0.15, 0.2) is 5.65 Å². The fraction of sp³-hybridized carbons (Fsp3) is 0.0556. The fourth-order valence-electron chi connectivity index (χ4n) is 2.93. The monoisotopic (exact) mass is 377 g/mol. The second kappa shape index (κ2) is 6.50. The highest BCUT2D eigenvalue weighted by Gasteiger charge is 2.19. The highest BCUT2D eigenvalue weighted by molar-refractivity contribution is 5.99. The topological polar surface area (TPSA) is 148 Å². The average molecular weight is 377 g/mol. The molecule has 140 valence electrons. The smallest absolute Gasteiger partial charge is 0.269 e. The molecule has 0 unspecified atom stereocenters. The summed E-state index contributed by atoms with van der Waals surface area (Å²) >= 11 is 0. The molecule has 4 rings (SSSR count). The number of hydrogen-bond acceptors (Lipinski definition) is 8. The number of nitro benzene ring substituents is 1. The van der Waals surface area contributed by atoms with Crippen molar-refractivity contribution < 1.29 is 9.66 Å².